The Morgan fingerprint density at radius 2 is 2.14 bits per heavy atom. The molecule has 0 saturated carbocycles. The zero-order chi connectivity index (χ0) is 15.0. The molecule has 21 heavy (non-hydrogen) atoms. The summed E-state index contributed by atoms with van der Waals surface area (Å²) in [5.41, 5.74) is 13.0. The molecule has 7 nitrogen and oxygen atoms in total. The average molecular weight is 282 g/mol. The Labute approximate surface area is 120 Å². The summed E-state index contributed by atoms with van der Waals surface area (Å²) in [7, 11) is 0. The molecule has 0 aliphatic carbocycles. The fourth-order valence-electron chi connectivity index (χ4n) is 2.26. The van der Waals surface area contributed by atoms with Crippen molar-refractivity contribution in [3.05, 3.63) is 47.8 Å². The number of hydrogen-bond donors (Lipinski definition) is 2. The quantitative estimate of drug-likeness (QED) is 0.747. The Kier molecular flexibility index (Phi) is 3.02. The van der Waals surface area contributed by atoms with Crippen LogP contribution in [0.15, 0.2) is 36.5 Å². The van der Waals surface area contributed by atoms with E-state index in [1.807, 2.05) is 37.3 Å². The molecule has 0 aliphatic heterocycles. The smallest absolute Gasteiger partial charge is 0.273 e. The molecule has 0 radical (unpaired) electrons. The highest BCUT2D eigenvalue weighted by atomic mass is 16.1. The van der Waals surface area contributed by atoms with Crippen molar-refractivity contribution in [3.63, 3.8) is 0 Å². The van der Waals surface area contributed by atoms with Crippen molar-refractivity contribution < 1.29 is 4.79 Å². The van der Waals surface area contributed by atoms with E-state index in [9.17, 15) is 4.79 Å². The number of nitrogen functional groups attached to an aromatic ring is 1. The number of fused-ring (bicyclic) bond motifs is 1. The van der Waals surface area contributed by atoms with E-state index in [1.165, 1.54) is 4.68 Å². The van der Waals surface area contributed by atoms with Gasteiger partial charge < -0.3 is 11.5 Å². The van der Waals surface area contributed by atoms with Gasteiger partial charge >= 0.3 is 0 Å². The summed E-state index contributed by atoms with van der Waals surface area (Å²) in [4.78, 5) is 15.5. The molecule has 0 spiro atoms. The van der Waals surface area contributed by atoms with E-state index in [4.69, 9.17) is 11.5 Å². The fraction of sp³-hybridized carbons (Fsp3) is 0.143. The van der Waals surface area contributed by atoms with Crippen LogP contribution in [0.3, 0.4) is 0 Å². The van der Waals surface area contributed by atoms with Gasteiger partial charge in [0.15, 0.2) is 11.5 Å². The molecule has 1 atom stereocenters. The fourth-order valence-corrected chi connectivity index (χ4v) is 2.26. The number of carbonyl (C=O) groups excluding carboxylic acids is 1. The third-order valence-electron chi connectivity index (χ3n) is 3.44. The third kappa shape index (κ3) is 2.18. The first-order chi connectivity index (χ1) is 10.1. The van der Waals surface area contributed by atoms with Crippen LogP contribution in [0, 0.1) is 0 Å². The topological polar surface area (TPSA) is 113 Å². The maximum atomic E-state index is 11.2. The minimum absolute atomic E-state index is 0.00990. The number of aromatic nitrogens is 4. The lowest BCUT2D eigenvalue weighted by molar-refractivity contribution is 0.0996. The van der Waals surface area contributed by atoms with Crippen LogP contribution in [-0.4, -0.2) is 25.9 Å². The van der Waals surface area contributed by atoms with Crippen molar-refractivity contribution in [1.82, 2.24) is 20.0 Å². The maximum Gasteiger partial charge on any atom is 0.273 e. The lowest BCUT2D eigenvalue weighted by atomic mass is 10.1. The van der Waals surface area contributed by atoms with E-state index in [0.717, 1.165) is 16.5 Å². The molecule has 0 saturated heterocycles. The first-order valence-corrected chi connectivity index (χ1v) is 6.43. The van der Waals surface area contributed by atoms with Gasteiger partial charge in [0.05, 0.1) is 11.6 Å². The molecule has 0 aliphatic rings. The first-order valence-electron chi connectivity index (χ1n) is 6.43. The Bertz CT molecular complexity index is 825. The molecular weight excluding hydrogens is 268 g/mol. The van der Waals surface area contributed by atoms with Gasteiger partial charge in [-0.25, -0.2) is 4.68 Å². The summed E-state index contributed by atoms with van der Waals surface area (Å²) in [6, 6.07) is 9.59. The number of amides is 1. The SMILES string of the molecule is CC(c1ccc2ncccc2c1)n1nnc(C(N)=O)c1N. The third-order valence-corrected chi connectivity index (χ3v) is 3.44. The summed E-state index contributed by atoms with van der Waals surface area (Å²) in [6.45, 7) is 1.92. The van der Waals surface area contributed by atoms with Crippen LogP contribution in [0.2, 0.25) is 0 Å². The second kappa shape index (κ2) is 4.86. The van der Waals surface area contributed by atoms with E-state index < -0.39 is 5.91 Å². The molecule has 1 unspecified atom stereocenters. The number of rotatable bonds is 3. The van der Waals surface area contributed by atoms with Gasteiger partial charge in [0, 0.05) is 11.6 Å². The van der Waals surface area contributed by atoms with Crippen molar-refractivity contribution in [3.8, 4) is 0 Å². The number of anilines is 1. The van der Waals surface area contributed by atoms with Gasteiger partial charge in [0.2, 0.25) is 0 Å². The Morgan fingerprint density at radius 1 is 1.33 bits per heavy atom. The number of pyridine rings is 1. The van der Waals surface area contributed by atoms with Gasteiger partial charge in [0.25, 0.3) is 5.91 Å². The van der Waals surface area contributed by atoms with Gasteiger partial charge in [-0.15, -0.1) is 5.10 Å². The molecule has 1 amide bonds. The predicted molar refractivity (Wildman–Crippen MR) is 78.5 cm³/mol. The molecule has 3 rings (SSSR count). The molecule has 3 aromatic rings. The minimum Gasteiger partial charge on any atom is -0.382 e. The van der Waals surface area contributed by atoms with Crippen LogP contribution in [0.1, 0.15) is 29.0 Å². The normalized spacial score (nSPS) is 12.4. The van der Waals surface area contributed by atoms with Crippen LogP contribution in [0.5, 0.6) is 0 Å². The second-order valence-electron chi connectivity index (χ2n) is 4.76. The highest BCUT2D eigenvalue weighted by Crippen LogP contribution is 2.24. The zero-order valence-electron chi connectivity index (χ0n) is 11.4. The molecular formula is C14H14N6O. The van der Waals surface area contributed by atoms with Crippen molar-refractivity contribution in [2.45, 2.75) is 13.0 Å². The van der Waals surface area contributed by atoms with E-state index in [0.29, 0.717) is 0 Å². The summed E-state index contributed by atoms with van der Waals surface area (Å²) in [5.74, 6) is -0.519. The summed E-state index contributed by atoms with van der Waals surface area (Å²) < 4.78 is 1.48. The first kappa shape index (κ1) is 13.0. The highest BCUT2D eigenvalue weighted by Gasteiger charge is 2.19. The Hall–Kier alpha value is -2.96. The van der Waals surface area contributed by atoms with Crippen LogP contribution in [0.4, 0.5) is 5.82 Å². The lowest BCUT2D eigenvalue weighted by Gasteiger charge is -2.14. The number of benzene rings is 1. The minimum atomic E-state index is -0.686. The van der Waals surface area contributed by atoms with Gasteiger partial charge in [-0.2, -0.15) is 0 Å². The lowest BCUT2D eigenvalue weighted by Crippen LogP contribution is -2.16. The van der Waals surface area contributed by atoms with Gasteiger partial charge in [-0.05, 0) is 30.7 Å². The molecule has 0 bridgehead atoms. The predicted octanol–water partition coefficient (Wildman–Crippen LogP) is 1.12. The molecule has 4 N–H and O–H groups in total. The molecule has 106 valence electrons. The van der Waals surface area contributed by atoms with Crippen LogP contribution >= 0.6 is 0 Å². The molecule has 2 aromatic heterocycles. The molecule has 2 heterocycles. The van der Waals surface area contributed by atoms with Crippen molar-refractivity contribution in [2.24, 2.45) is 5.73 Å². The van der Waals surface area contributed by atoms with Crippen molar-refractivity contribution in [1.29, 1.82) is 0 Å². The number of nitrogens with zero attached hydrogens (tertiary/aromatic N) is 4. The van der Waals surface area contributed by atoms with E-state index in [1.54, 1.807) is 6.20 Å². The Balaban J connectivity index is 2.04. The number of nitrogens with two attached hydrogens (primary N) is 2. The monoisotopic (exact) mass is 282 g/mol. The average Bonchev–Trinajstić information content (AvgIpc) is 2.88. The number of carbonyl (C=O) groups is 1. The number of primary amides is 1. The Morgan fingerprint density at radius 3 is 2.86 bits per heavy atom. The van der Waals surface area contributed by atoms with Crippen molar-refractivity contribution >= 4 is 22.6 Å². The van der Waals surface area contributed by atoms with E-state index in [2.05, 4.69) is 15.3 Å². The van der Waals surface area contributed by atoms with Crippen molar-refractivity contribution in [2.75, 3.05) is 5.73 Å². The second-order valence-corrected chi connectivity index (χ2v) is 4.76. The van der Waals surface area contributed by atoms with Gasteiger partial charge in [0.1, 0.15) is 0 Å². The summed E-state index contributed by atoms with van der Waals surface area (Å²) in [5, 5.41) is 8.67. The summed E-state index contributed by atoms with van der Waals surface area (Å²) >= 11 is 0. The highest BCUT2D eigenvalue weighted by molar-refractivity contribution is 5.94. The van der Waals surface area contributed by atoms with Crippen LogP contribution in [0.25, 0.3) is 10.9 Å². The summed E-state index contributed by atoms with van der Waals surface area (Å²) in [6.07, 6.45) is 1.75. The molecule has 7 heteroatoms. The standard InChI is InChI=1S/C14H14N6O/c1-8(20-13(15)12(14(16)21)18-19-20)9-4-5-11-10(7-9)3-2-6-17-11/h2-8H,15H2,1H3,(H2,16,21). The number of hydrogen-bond acceptors (Lipinski definition) is 5. The van der Waals surface area contributed by atoms with E-state index in [-0.39, 0.29) is 17.6 Å². The van der Waals surface area contributed by atoms with E-state index >= 15 is 0 Å². The molecule has 0 fully saturated rings. The van der Waals surface area contributed by atoms with Gasteiger partial charge in [-0.1, -0.05) is 17.3 Å². The van der Waals surface area contributed by atoms with Crippen LogP contribution in [-0.2, 0) is 0 Å². The molecule has 1 aromatic carbocycles. The van der Waals surface area contributed by atoms with Gasteiger partial charge in [-0.3, -0.25) is 9.78 Å². The largest absolute Gasteiger partial charge is 0.382 e. The zero-order valence-corrected chi connectivity index (χ0v) is 11.4. The maximum absolute atomic E-state index is 11.2. The van der Waals surface area contributed by atoms with Crippen LogP contribution < -0.4 is 11.5 Å².